The average Bonchev–Trinajstić information content (AvgIpc) is 3.11. The molecule has 2 N–H and O–H groups in total. The summed E-state index contributed by atoms with van der Waals surface area (Å²) in [5, 5.41) is 3.85. The smallest absolute Gasteiger partial charge is 0.273 e. The van der Waals surface area contributed by atoms with Crippen LogP contribution in [-0.4, -0.2) is 34.4 Å². The molecule has 0 aromatic carbocycles. The van der Waals surface area contributed by atoms with Crippen molar-refractivity contribution in [2.75, 3.05) is 13.6 Å². The number of hydrogen-bond donors (Lipinski definition) is 1. The first-order valence-corrected chi connectivity index (χ1v) is 9.17. The molecule has 1 aliphatic rings. The van der Waals surface area contributed by atoms with E-state index >= 15 is 0 Å². The van der Waals surface area contributed by atoms with Gasteiger partial charge >= 0.3 is 0 Å². The van der Waals surface area contributed by atoms with Crippen LogP contribution in [-0.2, 0) is 12.8 Å². The molecule has 0 radical (unpaired) electrons. The number of carbonyl (C=O) groups is 1. The first-order chi connectivity index (χ1) is 10.6. The molecule has 0 bridgehead atoms. The molecule has 0 aliphatic heterocycles. The Hall–Kier alpha value is -1.31. The first-order valence-electron chi connectivity index (χ1n) is 7.48. The highest BCUT2D eigenvalue weighted by Gasteiger charge is 2.30. The van der Waals surface area contributed by atoms with E-state index in [1.165, 1.54) is 21.9 Å². The molecular formula is C15H20N4OS2. The molecule has 2 heterocycles. The molecule has 2 aromatic rings. The molecule has 1 unspecified atom stereocenters. The summed E-state index contributed by atoms with van der Waals surface area (Å²) in [5.41, 5.74) is 7.24. The van der Waals surface area contributed by atoms with E-state index in [-0.39, 0.29) is 11.9 Å². The molecule has 118 valence electrons. The quantitative estimate of drug-likeness (QED) is 0.931. The molecule has 1 amide bonds. The van der Waals surface area contributed by atoms with Crippen molar-refractivity contribution in [1.82, 2.24) is 14.9 Å². The SMILES string of the molecule is Cc1nc2c(s1)C(N(C)C(=O)c1csc(CCN)n1)CCC2. The van der Waals surface area contributed by atoms with Gasteiger partial charge in [-0.3, -0.25) is 4.79 Å². The van der Waals surface area contributed by atoms with Crippen molar-refractivity contribution in [2.24, 2.45) is 5.73 Å². The van der Waals surface area contributed by atoms with E-state index < -0.39 is 0 Å². The maximum Gasteiger partial charge on any atom is 0.273 e. The lowest BCUT2D eigenvalue weighted by Gasteiger charge is -2.30. The van der Waals surface area contributed by atoms with Gasteiger partial charge < -0.3 is 10.6 Å². The lowest BCUT2D eigenvalue weighted by atomic mass is 9.97. The summed E-state index contributed by atoms with van der Waals surface area (Å²) in [6.45, 7) is 2.59. The Kier molecular flexibility index (Phi) is 4.56. The van der Waals surface area contributed by atoms with Crippen LogP contribution in [0.25, 0.3) is 0 Å². The molecular weight excluding hydrogens is 316 g/mol. The third-order valence-electron chi connectivity index (χ3n) is 3.95. The summed E-state index contributed by atoms with van der Waals surface area (Å²) in [4.78, 5) is 24.8. The molecule has 22 heavy (non-hydrogen) atoms. The van der Waals surface area contributed by atoms with E-state index in [4.69, 9.17) is 5.73 Å². The van der Waals surface area contributed by atoms with Crippen LogP contribution in [0.15, 0.2) is 5.38 Å². The van der Waals surface area contributed by atoms with Gasteiger partial charge in [0.25, 0.3) is 5.91 Å². The van der Waals surface area contributed by atoms with E-state index in [2.05, 4.69) is 9.97 Å². The number of hydrogen-bond acceptors (Lipinski definition) is 6. The molecule has 5 nitrogen and oxygen atoms in total. The Labute approximate surface area is 138 Å². The highest BCUT2D eigenvalue weighted by atomic mass is 32.1. The van der Waals surface area contributed by atoms with Gasteiger partial charge in [-0.05, 0) is 32.7 Å². The largest absolute Gasteiger partial charge is 0.332 e. The molecule has 2 aromatic heterocycles. The minimum Gasteiger partial charge on any atom is -0.332 e. The zero-order valence-corrected chi connectivity index (χ0v) is 14.5. The number of aromatic nitrogens is 2. The van der Waals surface area contributed by atoms with Crippen molar-refractivity contribution in [3.05, 3.63) is 31.7 Å². The molecule has 0 fully saturated rings. The van der Waals surface area contributed by atoms with Crippen molar-refractivity contribution >= 4 is 28.6 Å². The minimum absolute atomic E-state index is 0.0107. The summed E-state index contributed by atoms with van der Waals surface area (Å²) in [7, 11) is 1.87. The summed E-state index contributed by atoms with van der Waals surface area (Å²) < 4.78 is 0. The van der Waals surface area contributed by atoms with E-state index in [0.717, 1.165) is 35.7 Å². The van der Waals surface area contributed by atoms with Crippen LogP contribution in [0.4, 0.5) is 0 Å². The van der Waals surface area contributed by atoms with Gasteiger partial charge in [-0.2, -0.15) is 0 Å². The van der Waals surface area contributed by atoms with Crippen molar-refractivity contribution in [2.45, 2.75) is 38.6 Å². The van der Waals surface area contributed by atoms with Crippen LogP contribution < -0.4 is 5.73 Å². The van der Waals surface area contributed by atoms with Crippen molar-refractivity contribution in [3.63, 3.8) is 0 Å². The van der Waals surface area contributed by atoms with Gasteiger partial charge in [-0.25, -0.2) is 9.97 Å². The summed E-state index contributed by atoms with van der Waals surface area (Å²) in [5.74, 6) is -0.0107. The molecule has 3 rings (SSSR count). The molecule has 7 heteroatoms. The van der Waals surface area contributed by atoms with Crippen LogP contribution in [0, 0.1) is 6.92 Å². The Morgan fingerprint density at radius 2 is 2.32 bits per heavy atom. The number of nitrogens with zero attached hydrogens (tertiary/aromatic N) is 3. The zero-order chi connectivity index (χ0) is 15.7. The first kappa shape index (κ1) is 15.6. The zero-order valence-electron chi connectivity index (χ0n) is 12.8. The Bertz CT molecular complexity index is 679. The number of fused-ring (bicyclic) bond motifs is 1. The van der Waals surface area contributed by atoms with E-state index in [1.54, 1.807) is 11.3 Å². The molecule has 0 saturated heterocycles. The van der Waals surface area contributed by atoms with Crippen LogP contribution in [0.2, 0.25) is 0 Å². The maximum absolute atomic E-state index is 12.7. The van der Waals surface area contributed by atoms with Gasteiger partial charge in [0.1, 0.15) is 5.69 Å². The Morgan fingerprint density at radius 3 is 3.09 bits per heavy atom. The number of thiazole rings is 2. The second-order valence-corrected chi connectivity index (χ2v) is 7.71. The number of aryl methyl sites for hydroxylation is 2. The van der Waals surface area contributed by atoms with Gasteiger partial charge in [0.05, 0.1) is 26.6 Å². The number of carbonyl (C=O) groups excluding carboxylic acids is 1. The summed E-state index contributed by atoms with van der Waals surface area (Å²) in [6, 6.07) is 0.127. The standard InChI is InChI=1S/C15H20N4OS2/c1-9-17-10-4-3-5-12(14(10)22-9)19(2)15(20)11-8-21-13(18-11)6-7-16/h8,12H,3-7,16H2,1-2H3. The van der Waals surface area contributed by atoms with Gasteiger partial charge in [0.2, 0.25) is 0 Å². The minimum atomic E-state index is -0.0107. The fourth-order valence-electron chi connectivity index (χ4n) is 2.86. The van der Waals surface area contributed by atoms with E-state index in [0.29, 0.717) is 12.2 Å². The molecule has 0 spiro atoms. The van der Waals surface area contributed by atoms with Gasteiger partial charge in [-0.15, -0.1) is 22.7 Å². The second kappa shape index (κ2) is 6.44. The predicted octanol–water partition coefficient (Wildman–Crippen LogP) is 2.56. The van der Waals surface area contributed by atoms with Crippen LogP contribution >= 0.6 is 22.7 Å². The lowest BCUT2D eigenvalue weighted by Crippen LogP contribution is -2.33. The fourth-order valence-corrected chi connectivity index (χ4v) is 4.80. The summed E-state index contributed by atoms with van der Waals surface area (Å²) in [6.07, 6.45) is 3.82. The summed E-state index contributed by atoms with van der Waals surface area (Å²) >= 11 is 3.22. The van der Waals surface area contributed by atoms with Crippen molar-refractivity contribution in [1.29, 1.82) is 0 Å². The highest BCUT2D eigenvalue weighted by Crippen LogP contribution is 2.37. The molecule has 1 atom stereocenters. The van der Waals surface area contributed by atoms with Crippen LogP contribution in [0.1, 0.15) is 50.0 Å². The Balaban J connectivity index is 1.81. The third kappa shape index (κ3) is 2.93. The van der Waals surface area contributed by atoms with Crippen molar-refractivity contribution in [3.8, 4) is 0 Å². The van der Waals surface area contributed by atoms with Gasteiger partial charge in [0.15, 0.2) is 0 Å². The van der Waals surface area contributed by atoms with Crippen molar-refractivity contribution < 1.29 is 4.79 Å². The normalized spacial score (nSPS) is 17.3. The van der Waals surface area contributed by atoms with Crippen LogP contribution in [0.3, 0.4) is 0 Å². The number of rotatable bonds is 4. The fraction of sp³-hybridized carbons (Fsp3) is 0.533. The average molecular weight is 336 g/mol. The Morgan fingerprint density at radius 1 is 1.50 bits per heavy atom. The molecule has 0 saturated carbocycles. The molecule has 1 aliphatic carbocycles. The second-order valence-electron chi connectivity index (χ2n) is 5.53. The lowest BCUT2D eigenvalue weighted by molar-refractivity contribution is 0.0712. The van der Waals surface area contributed by atoms with Crippen LogP contribution in [0.5, 0.6) is 0 Å². The maximum atomic E-state index is 12.7. The van der Waals surface area contributed by atoms with Gasteiger partial charge in [0, 0.05) is 18.8 Å². The third-order valence-corrected chi connectivity index (χ3v) is 5.97. The topological polar surface area (TPSA) is 72.1 Å². The number of nitrogens with two attached hydrogens (primary N) is 1. The number of amides is 1. The van der Waals surface area contributed by atoms with Gasteiger partial charge in [-0.1, -0.05) is 0 Å². The highest BCUT2D eigenvalue weighted by molar-refractivity contribution is 7.11. The monoisotopic (exact) mass is 336 g/mol. The van der Waals surface area contributed by atoms with E-state index in [9.17, 15) is 4.79 Å². The van der Waals surface area contributed by atoms with E-state index in [1.807, 2.05) is 24.3 Å². The predicted molar refractivity (Wildman–Crippen MR) is 89.5 cm³/mol.